The highest BCUT2D eigenvalue weighted by molar-refractivity contribution is 6.30. The Morgan fingerprint density at radius 2 is 1.78 bits per heavy atom. The van der Waals surface area contributed by atoms with Crippen molar-refractivity contribution in [3.63, 3.8) is 0 Å². The van der Waals surface area contributed by atoms with Crippen LogP contribution in [0, 0.1) is 0 Å². The van der Waals surface area contributed by atoms with Crippen LogP contribution in [0.1, 0.15) is 5.56 Å². The summed E-state index contributed by atoms with van der Waals surface area (Å²) in [7, 11) is 5.58. The molecular formula is C17H21ClN4O. The molecule has 0 saturated carbocycles. The molecule has 0 radical (unpaired) electrons. The summed E-state index contributed by atoms with van der Waals surface area (Å²) in [5.41, 5.74) is 4.14. The zero-order valence-corrected chi connectivity index (χ0v) is 14.2. The van der Waals surface area contributed by atoms with Crippen LogP contribution in [0.25, 0.3) is 11.1 Å². The summed E-state index contributed by atoms with van der Waals surface area (Å²) in [6.07, 6.45) is -0.292. The molecule has 3 rings (SSSR count). The number of fused-ring (bicyclic) bond motifs is 1. The number of anilines is 1. The van der Waals surface area contributed by atoms with Gasteiger partial charge in [0.05, 0.1) is 0 Å². The predicted octanol–water partition coefficient (Wildman–Crippen LogP) is 2.50. The van der Waals surface area contributed by atoms with Crippen LogP contribution in [0.4, 0.5) is 5.69 Å². The average Bonchev–Trinajstić information content (AvgIpc) is 2.60. The van der Waals surface area contributed by atoms with Crippen molar-refractivity contribution in [3.05, 3.63) is 53.1 Å². The van der Waals surface area contributed by atoms with Crippen LogP contribution in [0.3, 0.4) is 0 Å². The quantitative estimate of drug-likeness (QED) is 0.648. The normalized spacial score (nSPS) is 19.0. The van der Waals surface area contributed by atoms with E-state index in [0.29, 0.717) is 0 Å². The number of ether oxygens (including phenoxy) is 1. The maximum Gasteiger partial charge on any atom is 0.207 e. The molecule has 6 heteroatoms. The molecule has 0 aliphatic carbocycles. The van der Waals surface area contributed by atoms with Gasteiger partial charge in [-0.15, -0.1) is 0 Å². The topological polar surface area (TPSA) is 57.3 Å². The summed E-state index contributed by atoms with van der Waals surface area (Å²) in [5.74, 6) is -0.775. The Balaban J connectivity index is 2.10. The number of hydrogen-bond donors (Lipinski definition) is 4. The zero-order chi connectivity index (χ0) is 16.4. The predicted molar refractivity (Wildman–Crippen MR) is 94.2 cm³/mol. The second-order valence-corrected chi connectivity index (χ2v) is 5.82. The molecule has 1 atom stereocenters. The number of halogens is 1. The third-order valence-electron chi connectivity index (χ3n) is 4.10. The Labute approximate surface area is 141 Å². The Bertz CT molecular complexity index is 703. The van der Waals surface area contributed by atoms with Gasteiger partial charge in [0.1, 0.15) is 0 Å². The van der Waals surface area contributed by atoms with Crippen molar-refractivity contribution in [3.8, 4) is 11.1 Å². The molecule has 0 bridgehead atoms. The lowest BCUT2D eigenvalue weighted by molar-refractivity contribution is -0.141. The minimum absolute atomic E-state index is 0.292. The molecule has 0 saturated heterocycles. The van der Waals surface area contributed by atoms with Crippen LogP contribution in [-0.2, 0) is 10.6 Å². The van der Waals surface area contributed by atoms with Gasteiger partial charge in [-0.25, -0.2) is 0 Å². The highest BCUT2D eigenvalue weighted by Gasteiger charge is 2.39. The molecule has 2 aromatic rings. The van der Waals surface area contributed by atoms with Gasteiger partial charge in [-0.3, -0.25) is 16.0 Å². The van der Waals surface area contributed by atoms with E-state index in [1.165, 1.54) is 0 Å². The van der Waals surface area contributed by atoms with E-state index in [2.05, 4.69) is 39.5 Å². The number of benzene rings is 2. The summed E-state index contributed by atoms with van der Waals surface area (Å²) < 4.78 is 6.09. The monoisotopic (exact) mass is 332 g/mol. The maximum atomic E-state index is 6.12. The van der Waals surface area contributed by atoms with E-state index in [4.69, 9.17) is 16.3 Å². The molecule has 0 spiro atoms. The Hall–Kier alpha value is -1.63. The van der Waals surface area contributed by atoms with Gasteiger partial charge in [0.15, 0.2) is 6.35 Å². The second-order valence-electron chi connectivity index (χ2n) is 5.38. The molecule has 0 aromatic heterocycles. The van der Waals surface area contributed by atoms with Gasteiger partial charge in [0, 0.05) is 16.3 Å². The van der Waals surface area contributed by atoms with Crippen molar-refractivity contribution >= 4 is 17.3 Å². The molecule has 1 aliphatic heterocycles. The molecule has 2 aromatic carbocycles. The van der Waals surface area contributed by atoms with Gasteiger partial charge in [0.25, 0.3) is 0 Å². The molecule has 1 aliphatic rings. The van der Waals surface area contributed by atoms with Crippen LogP contribution in [0.15, 0.2) is 42.5 Å². The molecule has 5 nitrogen and oxygen atoms in total. The molecular weight excluding hydrogens is 312 g/mol. The summed E-state index contributed by atoms with van der Waals surface area (Å²) in [6, 6.07) is 14.1. The fraction of sp³-hybridized carbons (Fsp3) is 0.294. The molecule has 0 amide bonds. The molecule has 4 N–H and O–H groups in total. The van der Waals surface area contributed by atoms with E-state index in [0.717, 1.165) is 27.4 Å². The van der Waals surface area contributed by atoms with Gasteiger partial charge < -0.3 is 10.1 Å². The van der Waals surface area contributed by atoms with Gasteiger partial charge in [-0.2, -0.15) is 0 Å². The van der Waals surface area contributed by atoms with Crippen LogP contribution in [-0.4, -0.2) is 27.5 Å². The fourth-order valence-corrected chi connectivity index (χ4v) is 3.05. The fourth-order valence-electron chi connectivity index (χ4n) is 2.86. The minimum Gasteiger partial charge on any atom is -0.347 e. The molecule has 1 unspecified atom stereocenters. The van der Waals surface area contributed by atoms with Gasteiger partial charge in [0.2, 0.25) is 5.85 Å². The van der Waals surface area contributed by atoms with Crippen molar-refractivity contribution in [1.82, 2.24) is 16.0 Å². The van der Waals surface area contributed by atoms with Crippen LogP contribution >= 0.6 is 11.6 Å². The molecule has 23 heavy (non-hydrogen) atoms. The molecule has 122 valence electrons. The third kappa shape index (κ3) is 2.94. The first-order chi connectivity index (χ1) is 11.1. The highest BCUT2D eigenvalue weighted by atomic mass is 35.5. The second kappa shape index (κ2) is 6.47. The van der Waals surface area contributed by atoms with Crippen molar-refractivity contribution < 1.29 is 4.74 Å². The Kier molecular flexibility index (Phi) is 4.57. The number of rotatable bonds is 4. The zero-order valence-electron chi connectivity index (χ0n) is 13.4. The van der Waals surface area contributed by atoms with Crippen molar-refractivity contribution in [1.29, 1.82) is 0 Å². The summed E-state index contributed by atoms with van der Waals surface area (Å²) in [5, 5.41) is 13.6. The first kappa shape index (κ1) is 16.2. The van der Waals surface area contributed by atoms with E-state index >= 15 is 0 Å². The summed E-state index contributed by atoms with van der Waals surface area (Å²) in [4.78, 5) is 0. The lowest BCUT2D eigenvalue weighted by Crippen LogP contribution is -2.60. The summed E-state index contributed by atoms with van der Waals surface area (Å²) >= 11 is 6.12. The highest BCUT2D eigenvalue weighted by Crippen LogP contribution is 2.36. The average molecular weight is 333 g/mol. The number of nitrogens with one attached hydrogen (secondary N) is 4. The SMILES string of the molecule is CNC1Nc2ccc(-c3cccc(Cl)c3)cc2C(NC)(NC)O1. The van der Waals surface area contributed by atoms with E-state index in [-0.39, 0.29) is 6.35 Å². The smallest absolute Gasteiger partial charge is 0.207 e. The first-order valence-electron chi connectivity index (χ1n) is 7.52. The Morgan fingerprint density at radius 3 is 2.43 bits per heavy atom. The Morgan fingerprint density at radius 1 is 1.04 bits per heavy atom. The third-order valence-corrected chi connectivity index (χ3v) is 4.34. The van der Waals surface area contributed by atoms with Gasteiger partial charge in [-0.1, -0.05) is 29.8 Å². The largest absolute Gasteiger partial charge is 0.347 e. The molecule has 1 heterocycles. The molecule has 0 fully saturated rings. The first-order valence-corrected chi connectivity index (χ1v) is 7.89. The lowest BCUT2D eigenvalue weighted by Gasteiger charge is -2.42. The minimum atomic E-state index is -0.775. The summed E-state index contributed by atoms with van der Waals surface area (Å²) in [6.45, 7) is 0. The van der Waals surface area contributed by atoms with Crippen molar-refractivity contribution in [2.75, 3.05) is 26.5 Å². The maximum absolute atomic E-state index is 6.12. The number of hydrogen-bond acceptors (Lipinski definition) is 5. The van der Waals surface area contributed by atoms with E-state index in [1.54, 1.807) is 0 Å². The van der Waals surface area contributed by atoms with Crippen LogP contribution in [0.5, 0.6) is 0 Å². The van der Waals surface area contributed by atoms with Gasteiger partial charge >= 0.3 is 0 Å². The van der Waals surface area contributed by atoms with Crippen LogP contribution < -0.4 is 21.3 Å². The van der Waals surface area contributed by atoms with E-state index in [1.807, 2.05) is 45.4 Å². The van der Waals surface area contributed by atoms with Crippen molar-refractivity contribution in [2.45, 2.75) is 12.2 Å². The lowest BCUT2D eigenvalue weighted by atomic mass is 9.98. The van der Waals surface area contributed by atoms with Gasteiger partial charge in [-0.05, 0) is 56.5 Å². The van der Waals surface area contributed by atoms with Crippen molar-refractivity contribution in [2.24, 2.45) is 0 Å². The van der Waals surface area contributed by atoms with E-state index < -0.39 is 5.85 Å². The van der Waals surface area contributed by atoms with Crippen LogP contribution in [0.2, 0.25) is 5.02 Å². The standard InChI is InChI=1S/C17H21ClN4O/c1-19-16-22-15-8-7-12(11-5-4-6-13(18)9-11)10-14(15)17(20-2,21-3)23-16/h4-10,16,19-22H,1-3H3. The van der Waals surface area contributed by atoms with E-state index in [9.17, 15) is 0 Å².